The summed E-state index contributed by atoms with van der Waals surface area (Å²) in [6.07, 6.45) is 6.50. The number of carbonyl (C=O) groups excluding carboxylic acids is 1. The topological polar surface area (TPSA) is 125 Å². The van der Waals surface area contributed by atoms with Crippen molar-refractivity contribution in [2.75, 3.05) is 18.5 Å². The summed E-state index contributed by atoms with van der Waals surface area (Å²) in [7, 11) is 0. The molecule has 9 heteroatoms. The first-order valence-corrected chi connectivity index (χ1v) is 9.82. The Bertz CT molecular complexity index is 1030. The molecule has 0 saturated heterocycles. The normalized spacial score (nSPS) is 17.2. The number of hydrogen-bond donors (Lipinski definition) is 4. The molecule has 3 aromatic rings. The van der Waals surface area contributed by atoms with Crippen molar-refractivity contribution in [3.8, 4) is 11.4 Å². The van der Waals surface area contributed by atoms with E-state index in [9.17, 15) is 9.90 Å². The molecule has 9 nitrogen and oxygen atoms in total. The zero-order chi connectivity index (χ0) is 20.8. The van der Waals surface area contributed by atoms with Gasteiger partial charge in [-0.1, -0.05) is 12.1 Å². The lowest BCUT2D eigenvalue weighted by Crippen LogP contribution is -2.46. The molecule has 6 bridgehead atoms. The molecule has 0 spiro atoms. The predicted molar refractivity (Wildman–Crippen MR) is 112 cm³/mol. The number of rotatable bonds is 1. The predicted octanol–water partition coefficient (Wildman–Crippen LogP) is 1.19. The number of amides is 1. The van der Waals surface area contributed by atoms with Crippen molar-refractivity contribution in [1.82, 2.24) is 30.6 Å². The molecule has 0 fully saturated rings. The lowest BCUT2D eigenvalue weighted by atomic mass is 10.1. The molecule has 154 valence electrons. The van der Waals surface area contributed by atoms with Gasteiger partial charge in [0.1, 0.15) is 12.4 Å². The van der Waals surface area contributed by atoms with Gasteiger partial charge >= 0.3 is 0 Å². The quantitative estimate of drug-likeness (QED) is 0.476. The fourth-order valence-corrected chi connectivity index (χ4v) is 3.24. The van der Waals surface area contributed by atoms with Crippen molar-refractivity contribution in [2.24, 2.45) is 0 Å². The van der Waals surface area contributed by atoms with Gasteiger partial charge in [-0.15, -0.1) is 0 Å². The van der Waals surface area contributed by atoms with Crippen LogP contribution in [0, 0.1) is 0 Å². The smallest absolute Gasteiger partial charge is 0.239 e. The molecule has 1 aliphatic heterocycles. The third kappa shape index (κ3) is 4.94. The molecule has 0 aliphatic carbocycles. The van der Waals surface area contributed by atoms with E-state index in [2.05, 4.69) is 35.9 Å². The van der Waals surface area contributed by atoms with Gasteiger partial charge in [0.05, 0.1) is 6.61 Å². The molecule has 30 heavy (non-hydrogen) atoms. The summed E-state index contributed by atoms with van der Waals surface area (Å²) >= 11 is 0. The molecule has 2 aromatic heterocycles. The summed E-state index contributed by atoms with van der Waals surface area (Å²) in [4.78, 5) is 29.7. The van der Waals surface area contributed by atoms with Crippen LogP contribution in [-0.2, 0) is 17.8 Å². The lowest BCUT2D eigenvalue weighted by Gasteiger charge is -2.17. The van der Waals surface area contributed by atoms with E-state index in [1.54, 1.807) is 12.4 Å². The second-order valence-electron chi connectivity index (χ2n) is 7.05. The Kier molecular flexibility index (Phi) is 6.21. The molecule has 0 saturated carbocycles. The van der Waals surface area contributed by atoms with E-state index in [0.29, 0.717) is 24.9 Å². The maximum atomic E-state index is 12.4. The van der Waals surface area contributed by atoms with Gasteiger partial charge in [-0.05, 0) is 42.2 Å². The molecule has 0 radical (unpaired) electrons. The number of nitrogens with one attached hydrogen (secondary N) is 3. The summed E-state index contributed by atoms with van der Waals surface area (Å²) in [5, 5.41) is 18.8. The molecule has 4 N–H and O–H groups in total. The summed E-state index contributed by atoms with van der Waals surface area (Å²) in [6, 6.07) is 9.02. The van der Waals surface area contributed by atoms with Gasteiger partial charge in [-0.2, -0.15) is 4.98 Å². The number of aromatic nitrogens is 4. The van der Waals surface area contributed by atoms with Gasteiger partial charge in [0.15, 0.2) is 5.82 Å². The molecule has 4 rings (SSSR count). The first-order valence-electron chi connectivity index (χ1n) is 9.82. The van der Waals surface area contributed by atoms with E-state index in [1.807, 2.05) is 30.3 Å². The molecule has 1 amide bonds. The Morgan fingerprint density at radius 2 is 2.07 bits per heavy atom. The van der Waals surface area contributed by atoms with Gasteiger partial charge < -0.3 is 15.7 Å². The van der Waals surface area contributed by atoms with E-state index in [0.717, 1.165) is 35.2 Å². The van der Waals surface area contributed by atoms with E-state index in [4.69, 9.17) is 0 Å². The van der Waals surface area contributed by atoms with E-state index in [1.165, 1.54) is 6.33 Å². The minimum Gasteiger partial charge on any atom is -0.394 e. The highest BCUT2D eigenvalue weighted by atomic mass is 16.3. The van der Waals surface area contributed by atoms with Crippen molar-refractivity contribution in [3.63, 3.8) is 0 Å². The molecular weight excluding hydrogens is 382 g/mol. The van der Waals surface area contributed by atoms with Crippen LogP contribution in [0.4, 0.5) is 11.6 Å². The van der Waals surface area contributed by atoms with Crippen LogP contribution in [0.25, 0.3) is 11.4 Å². The summed E-state index contributed by atoms with van der Waals surface area (Å²) in [6.45, 7) is 0.673. The molecule has 1 aromatic carbocycles. The van der Waals surface area contributed by atoms with Gasteiger partial charge in [-0.3, -0.25) is 15.1 Å². The van der Waals surface area contributed by atoms with Crippen LogP contribution in [0.3, 0.4) is 0 Å². The Hall–Kier alpha value is -3.43. The molecular formula is C21H23N7O2. The van der Waals surface area contributed by atoms with Gasteiger partial charge in [0, 0.05) is 36.7 Å². The van der Waals surface area contributed by atoms with Crippen LogP contribution in [-0.4, -0.2) is 50.1 Å². The van der Waals surface area contributed by atoms with Crippen molar-refractivity contribution >= 4 is 17.5 Å². The van der Waals surface area contributed by atoms with Gasteiger partial charge in [-0.25, -0.2) is 9.97 Å². The largest absolute Gasteiger partial charge is 0.394 e. The number of aliphatic hydroxyl groups is 1. The zero-order valence-corrected chi connectivity index (χ0v) is 16.4. The van der Waals surface area contributed by atoms with Crippen LogP contribution in [0.15, 0.2) is 49.1 Å². The molecule has 3 heterocycles. The summed E-state index contributed by atoms with van der Waals surface area (Å²) < 4.78 is 0. The molecule has 1 atom stereocenters. The number of aliphatic hydroxyl groups excluding tert-OH is 1. The van der Waals surface area contributed by atoms with E-state index < -0.39 is 6.04 Å². The fourth-order valence-electron chi connectivity index (χ4n) is 3.24. The first-order chi connectivity index (χ1) is 14.7. The Morgan fingerprint density at radius 3 is 2.97 bits per heavy atom. The highest BCUT2D eigenvalue weighted by Crippen LogP contribution is 2.19. The van der Waals surface area contributed by atoms with Crippen molar-refractivity contribution < 1.29 is 9.90 Å². The van der Waals surface area contributed by atoms with Crippen LogP contribution >= 0.6 is 0 Å². The molecule has 1 aliphatic rings. The van der Waals surface area contributed by atoms with Crippen LogP contribution in [0.2, 0.25) is 0 Å². The number of hydrogen-bond acceptors (Lipinski definition) is 8. The van der Waals surface area contributed by atoms with E-state index >= 15 is 0 Å². The third-order valence-electron chi connectivity index (χ3n) is 4.80. The number of aryl methyl sites for hydroxylation is 1. The average Bonchev–Trinajstić information content (AvgIpc) is 2.77. The van der Waals surface area contributed by atoms with E-state index in [-0.39, 0.29) is 12.5 Å². The highest BCUT2D eigenvalue weighted by Gasteiger charge is 2.16. The minimum atomic E-state index is -0.670. The number of pyridine rings is 1. The number of carbonyl (C=O) groups is 1. The Morgan fingerprint density at radius 1 is 1.13 bits per heavy atom. The maximum absolute atomic E-state index is 12.4. The highest BCUT2D eigenvalue weighted by molar-refractivity contribution is 5.81. The minimum absolute atomic E-state index is 0.215. The second-order valence-corrected chi connectivity index (χ2v) is 7.05. The monoisotopic (exact) mass is 405 g/mol. The number of nitrogens with zero attached hydrogens (tertiary/aromatic N) is 4. The number of fused-ring (bicyclic) bond motifs is 7. The van der Waals surface area contributed by atoms with Crippen molar-refractivity contribution in [2.45, 2.75) is 25.4 Å². The van der Waals surface area contributed by atoms with Crippen LogP contribution in [0.5, 0.6) is 0 Å². The van der Waals surface area contributed by atoms with Crippen molar-refractivity contribution in [1.29, 1.82) is 0 Å². The van der Waals surface area contributed by atoms with Crippen molar-refractivity contribution in [3.05, 3.63) is 60.2 Å². The summed E-state index contributed by atoms with van der Waals surface area (Å²) in [5.74, 6) is 0.761. The lowest BCUT2D eigenvalue weighted by molar-refractivity contribution is -0.124. The number of anilines is 2. The Balaban J connectivity index is 1.65. The standard InChI is InChI=1S/C21H23N7O2/c29-12-18-20(30)23-6-2-4-14-7-16(11-22-9-14)19-25-13-26-21(28-19)27-17-5-1-3-15(8-17)10-24-18/h1,3,5,7-9,11,13,18,24,29H,2,4,6,10,12H2,(H,23,30)(H,25,26,27,28)/t18-/m0/s1. The zero-order valence-electron chi connectivity index (χ0n) is 16.4. The third-order valence-corrected chi connectivity index (χ3v) is 4.80. The maximum Gasteiger partial charge on any atom is 0.239 e. The second kappa shape index (κ2) is 9.38. The fraction of sp³-hybridized carbons (Fsp3) is 0.286. The SMILES string of the molecule is O=C1NCCCc2cncc(c2)-c2ncnc(n2)Nc2cccc(c2)CN[C@H]1CO. The van der Waals surface area contributed by atoms with Crippen LogP contribution < -0.4 is 16.0 Å². The molecule has 0 unspecified atom stereocenters. The number of benzene rings is 1. The first kappa shape index (κ1) is 19.9. The summed E-state index contributed by atoms with van der Waals surface area (Å²) in [5.41, 5.74) is 3.60. The van der Waals surface area contributed by atoms with Crippen LogP contribution in [0.1, 0.15) is 17.5 Å². The average molecular weight is 405 g/mol. The Labute approximate surface area is 174 Å². The van der Waals surface area contributed by atoms with Gasteiger partial charge in [0.2, 0.25) is 11.9 Å². The van der Waals surface area contributed by atoms with Gasteiger partial charge in [0.25, 0.3) is 0 Å².